The van der Waals surface area contributed by atoms with Crippen LogP contribution in [0.3, 0.4) is 0 Å². The summed E-state index contributed by atoms with van der Waals surface area (Å²) in [4.78, 5) is 8.58. The second kappa shape index (κ2) is 7.75. The molecule has 3 rings (SSSR count). The first-order valence-corrected chi connectivity index (χ1v) is 9.17. The Morgan fingerprint density at radius 2 is 2.04 bits per heavy atom. The minimum absolute atomic E-state index is 0.288. The summed E-state index contributed by atoms with van der Waals surface area (Å²) in [6, 6.07) is 12.0. The number of benzene rings is 1. The lowest BCUT2D eigenvalue weighted by Gasteiger charge is -2.35. The second-order valence-corrected chi connectivity index (χ2v) is 7.28. The van der Waals surface area contributed by atoms with E-state index in [4.69, 9.17) is 0 Å². The van der Waals surface area contributed by atoms with Crippen LogP contribution >= 0.6 is 11.3 Å². The van der Waals surface area contributed by atoms with E-state index in [9.17, 15) is 5.11 Å². The molecule has 1 fully saturated rings. The highest BCUT2D eigenvalue weighted by atomic mass is 32.1. The average molecular weight is 328 g/mol. The summed E-state index contributed by atoms with van der Waals surface area (Å²) in [5.74, 6) is 1.12. The molecule has 1 saturated heterocycles. The van der Waals surface area contributed by atoms with Gasteiger partial charge in [-0.1, -0.05) is 25.1 Å². The number of para-hydroxylation sites is 1. The van der Waals surface area contributed by atoms with Gasteiger partial charge in [0, 0.05) is 16.7 Å². The topological polar surface area (TPSA) is 35.8 Å². The number of aliphatic imine (C=N–C) groups is 1. The van der Waals surface area contributed by atoms with Crippen molar-refractivity contribution < 1.29 is 5.11 Å². The lowest BCUT2D eigenvalue weighted by Crippen LogP contribution is -2.37. The molecule has 1 atom stereocenters. The summed E-state index contributed by atoms with van der Waals surface area (Å²) in [6.07, 6.45) is 4.33. The number of nitrogens with zero attached hydrogens (tertiary/aromatic N) is 2. The molecule has 3 nitrogen and oxygen atoms in total. The van der Waals surface area contributed by atoms with Gasteiger partial charge < -0.3 is 5.11 Å². The van der Waals surface area contributed by atoms with Gasteiger partial charge in [0.1, 0.15) is 5.75 Å². The third-order valence-electron chi connectivity index (χ3n) is 4.58. The molecule has 0 saturated carbocycles. The number of phenolic OH excluding ortho intramolecular Hbond substituents is 1. The number of thiophene rings is 1. The summed E-state index contributed by atoms with van der Waals surface area (Å²) in [5.41, 5.74) is 0.782. The quantitative estimate of drug-likeness (QED) is 0.829. The van der Waals surface area contributed by atoms with E-state index in [0.29, 0.717) is 6.04 Å². The predicted octanol–water partition coefficient (Wildman–Crippen LogP) is 4.35. The van der Waals surface area contributed by atoms with E-state index in [-0.39, 0.29) is 5.75 Å². The molecule has 0 bridgehead atoms. The van der Waals surface area contributed by atoms with Crippen LogP contribution in [0.4, 0.5) is 0 Å². The van der Waals surface area contributed by atoms with E-state index in [0.717, 1.165) is 31.1 Å². The van der Waals surface area contributed by atoms with Crippen molar-refractivity contribution in [2.45, 2.75) is 25.8 Å². The second-order valence-electron chi connectivity index (χ2n) is 6.30. The van der Waals surface area contributed by atoms with Crippen molar-refractivity contribution in [2.75, 3.05) is 19.6 Å². The minimum Gasteiger partial charge on any atom is -0.507 e. The van der Waals surface area contributed by atoms with Crippen molar-refractivity contribution in [3.8, 4) is 5.75 Å². The Hall–Kier alpha value is -1.65. The van der Waals surface area contributed by atoms with Crippen molar-refractivity contribution >= 4 is 17.6 Å². The zero-order chi connectivity index (χ0) is 16.1. The van der Waals surface area contributed by atoms with E-state index in [1.807, 2.05) is 29.5 Å². The number of aromatic hydroxyl groups is 1. The van der Waals surface area contributed by atoms with E-state index in [1.54, 1.807) is 12.3 Å². The molecule has 1 N–H and O–H groups in total. The van der Waals surface area contributed by atoms with Crippen LogP contribution in [-0.4, -0.2) is 35.9 Å². The van der Waals surface area contributed by atoms with Gasteiger partial charge in [0.2, 0.25) is 0 Å². The Morgan fingerprint density at radius 3 is 2.74 bits per heavy atom. The number of piperidine rings is 1. The fourth-order valence-electron chi connectivity index (χ4n) is 3.05. The molecule has 0 aliphatic carbocycles. The van der Waals surface area contributed by atoms with Gasteiger partial charge in [-0.05, 0) is 55.4 Å². The number of phenols is 1. The summed E-state index contributed by atoms with van der Waals surface area (Å²) < 4.78 is 0. The Morgan fingerprint density at radius 1 is 1.26 bits per heavy atom. The molecule has 0 spiro atoms. The smallest absolute Gasteiger partial charge is 0.124 e. The van der Waals surface area contributed by atoms with Crippen molar-refractivity contribution in [2.24, 2.45) is 10.9 Å². The fourth-order valence-corrected chi connectivity index (χ4v) is 3.91. The van der Waals surface area contributed by atoms with Crippen LogP contribution in [0.2, 0.25) is 0 Å². The van der Waals surface area contributed by atoms with Gasteiger partial charge in [0.05, 0.1) is 12.6 Å². The van der Waals surface area contributed by atoms with Gasteiger partial charge in [0.15, 0.2) is 0 Å². The highest BCUT2D eigenvalue weighted by Crippen LogP contribution is 2.29. The van der Waals surface area contributed by atoms with Crippen molar-refractivity contribution in [3.05, 3.63) is 52.2 Å². The molecule has 1 aromatic heterocycles. The fraction of sp³-hybridized carbons (Fsp3) is 0.421. The van der Waals surface area contributed by atoms with E-state index < -0.39 is 0 Å². The van der Waals surface area contributed by atoms with Crippen LogP contribution < -0.4 is 0 Å². The molecule has 0 unspecified atom stereocenters. The third kappa shape index (κ3) is 4.21. The van der Waals surface area contributed by atoms with E-state index in [2.05, 4.69) is 34.3 Å². The highest BCUT2D eigenvalue weighted by molar-refractivity contribution is 7.10. The standard InChI is InChI=1S/C19H24N2OS/c1-15-8-10-21(11-9-15)17(19-7-4-12-23-19)14-20-13-16-5-2-3-6-18(16)22/h2-7,12-13,15,17,22H,8-11,14H2,1H3/t17-/m1/s1. The zero-order valence-electron chi connectivity index (χ0n) is 13.6. The van der Waals surface area contributed by atoms with Crippen LogP contribution in [0.15, 0.2) is 46.8 Å². The maximum atomic E-state index is 9.84. The first-order chi connectivity index (χ1) is 11.2. The Kier molecular flexibility index (Phi) is 5.47. The van der Waals surface area contributed by atoms with Gasteiger partial charge in [-0.3, -0.25) is 9.89 Å². The third-order valence-corrected chi connectivity index (χ3v) is 5.55. The zero-order valence-corrected chi connectivity index (χ0v) is 14.4. The van der Waals surface area contributed by atoms with E-state index >= 15 is 0 Å². The number of hydrogen-bond acceptors (Lipinski definition) is 4. The molecule has 2 heterocycles. The highest BCUT2D eigenvalue weighted by Gasteiger charge is 2.24. The van der Waals surface area contributed by atoms with E-state index in [1.165, 1.54) is 17.7 Å². The SMILES string of the molecule is CC1CCN([C@H](CN=Cc2ccccc2O)c2cccs2)CC1. The molecule has 23 heavy (non-hydrogen) atoms. The molecule has 122 valence electrons. The largest absolute Gasteiger partial charge is 0.507 e. The molecule has 0 amide bonds. The lowest BCUT2D eigenvalue weighted by molar-refractivity contribution is 0.143. The summed E-state index contributed by atoms with van der Waals surface area (Å²) >= 11 is 1.81. The maximum Gasteiger partial charge on any atom is 0.124 e. The lowest BCUT2D eigenvalue weighted by atomic mass is 9.97. The monoisotopic (exact) mass is 328 g/mol. The molecule has 2 aromatic rings. The van der Waals surface area contributed by atoms with Crippen molar-refractivity contribution in [1.82, 2.24) is 4.90 Å². The molecule has 0 radical (unpaired) electrons. The first-order valence-electron chi connectivity index (χ1n) is 8.29. The van der Waals surface area contributed by atoms with Gasteiger partial charge in [-0.15, -0.1) is 11.3 Å². The molecular weight excluding hydrogens is 304 g/mol. The minimum atomic E-state index is 0.288. The molecule has 1 aliphatic heterocycles. The van der Waals surface area contributed by atoms with Crippen LogP contribution in [0.25, 0.3) is 0 Å². The normalized spacial score (nSPS) is 18.5. The number of hydrogen-bond donors (Lipinski definition) is 1. The predicted molar refractivity (Wildman–Crippen MR) is 97.6 cm³/mol. The molecule has 1 aromatic carbocycles. The van der Waals surface area contributed by atoms with Crippen LogP contribution in [-0.2, 0) is 0 Å². The summed E-state index contributed by atoms with van der Waals surface area (Å²) in [6.45, 7) is 5.38. The Bertz CT molecular complexity index is 631. The van der Waals surface area contributed by atoms with Crippen molar-refractivity contribution in [3.63, 3.8) is 0 Å². The summed E-state index contributed by atoms with van der Waals surface area (Å²) in [7, 11) is 0. The number of rotatable bonds is 5. The molecular formula is C19H24N2OS. The van der Waals surface area contributed by atoms with Crippen LogP contribution in [0, 0.1) is 5.92 Å². The van der Waals surface area contributed by atoms with Gasteiger partial charge in [0.25, 0.3) is 0 Å². The van der Waals surface area contributed by atoms with Crippen LogP contribution in [0.5, 0.6) is 5.75 Å². The Labute approximate surface area is 142 Å². The first kappa shape index (κ1) is 16.2. The van der Waals surface area contributed by atoms with Gasteiger partial charge >= 0.3 is 0 Å². The van der Waals surface area contributed by atoms with Gasteiger partial charge in [-0.25, -0.2) is 0 Å². The van der Waals surface area contributed by atoms with Gasteiger partial charge in [-0.2, -0.15) is 0 Å². The summed E-state index contributed by atoms with van der Waals surface area (Å²) in [5, 5.41) is 12.0. The molecule has 1 aliphatic rings. The molecule has 4 heteroatoms. The van der Waals surface area contributed by atoms with Crippen molar-refractivity contribution in [1.29, 1.82) is 0 Å². The Balaban J connectivity index is 1.71. The number of likely N-dealkylation sites (tertiary alicyclic amines) is 1. The average Bonchev–Trinajstić information content (AvgIpc) is 3.08. The maximum absolute atomic E-state index is 9.84. The van der Waals surface area contributed by atoms with Crippen LogP contribution in [0.1, 0.15) is 36.2 Å².